The molecule has 0 amide bonds. The van der Waals surface area contributed by atoms with E-state index < -0.39 is 0 Å². The van der Waals surface area contributed by atoms with Crippen LogP contribution in [0.2, 0.25) is 0 Å². The fourth-order valence-electron chi connectivity index (χ4n) is 0. The van der Waals surface area contributed by atoms with Gasteiger partial charge in [0.25, 0.3) is 0 Å². The average Bonchev–Trinajstić information content (AvgIpc) is 1.66. The molecule has 4 heteroatoms. The van der Waals surface area contributed by atoms with Gasteiger partial charge in [-0.3, -0.25) is 0 Å². The molecule has 0 rings (SSSR count). The van der Waals surface area contributed by atoms with Crippen molar-refractivity contribution in [2.45, 2.75) is 39.9 Å². The van der Waals surface area contributed by atoms with Crippen LogP contribution in [0.15, 0.2) is 0 Å². The Morgan fingerprint density at radius 2 is 0.900 bits per heavy atom. The van der Waals surface area contributed by atoms with Crippen LogP contribution in [0.1, 0.15) is 27.7 Å². The molecular formula is C6H16O3Ti. The quantitative estimate of drug-likeness (QED) is 0.543. The van der Waals surface area contributed by atoms with Gasteiger partial charge in [-0.15, -0.1) is 0 Å². The van der Waals surface area contributed by atoms with Crippen LogP contribution in [0.3, 0.4) is 0 Å². The molecule has 0 bridgehead atoms. The summed E-state index contributed by atoms with van der Waals surface area (Å²) >= 11 is 0.750. The molecule has 62 valence electrons. The SMILES string of the molecule is CC(C)O.CC(C)O.[O]=[Ti]. The van der Waals surface area contributed by atoms with Crippen LogP contribution in [0, 0.1) is 0 Å². The first-order valence-corrected chi connectivity index (χ1v) is 3.67. The van der Waals surface area contributed by atoms with E-state index in [2.05, 4.69) is 0 Å². The topological polar surface area (TPSA) is 57.5 Å². The fraction of sp³-hybridized carbons (Fsp3) is 1.00. The molecule has 0 aromatic heterocycles. The van der Waals surface area contributed by atoms with Gasteiger partial charge < -0.3 is 10.2 Å². The van der Waals surface area contributed by atoms with E-state index in [1.165, 1.54) is 0 Å². The van der Waals surface area contributed by atoms with Crippen LogP contribution < -0.4 is 0 Å². The van der Waals surface area contributed by atoms with Crippen molar-refractivity contribution in [3.8, 4) is 0 Å². The van der Waals surface area contributed by atoms with Crippen LogP contribution in [-0.4, -0.2) is 22.4 Å². The summed E-state index contributed by atoms with van der Waals surface area (Å²) in [7, 11) is 0. The first-order chi connectivity index (χ1) is 4.46. The molecule has 0 aliphatic rings. The van der Waals surface area contributed by atoms with E-state index in [0.29, 0.717) is 0 Å². The maximum atomic E-state index is 8.25. The molecule has 0 spiro atoms. The molecular weight excluding hydrogens is 168 g/mol. The molecule has 0 fully saturated rings. The second kappa shape index (κ2) is 16.2. The number of aliphatic hydroxyl groups excluding tert-OH is 2. The molecule has 0 saturated carbocycles. The van der Waals surface area contributed by atoms with Crippen molar-refractivity contribution < 1.29 is 33.9 Å². The van der Waals surface area contributed by atoms with Crippen LogP contribution in [0.5, 0.6) is 0 Å². The average molecular weight is 184 g/mol. The zero-order valence-corrected chi connectivity index (χ0v) is 8.52. The third-order valence-corrected chi connectivity index (χ3v) is 0. The molecule has 3 nitrogen and oxygen atoms in total. The van der Waals surface area contributed by atoms with Crippen LogP contribution in [0.4, 0.5) is 0 Å². The summed E-state index contributed by atoms with van der Waals surface area (Å²) in [5.41, 5.74) is 0. The van der Waals surface area contributed by atoms with Gasteiger partial charge in [0.1, 0.15) is 0 Å². The standard InChI is InChI=1S/2C3H8O.O.Ti/c2*1-3(2)4;;/h2*3-4H,1-2H3;;. The Balaban J connectivity index is -0.0000000787. The summed E-state index contributed by atoms with van der Waals surface area (Å²) in [6.07, 6.45) is -0.333. The van der Waals surface area contributed by atoms with Crippen molar-refractivity contribution in [2.24, 2.45) is 0 Å². The van der Waals surface area contributed by atoms with Crippen LogP contribution in [-0.2, 0) is 23.7 Å². The molecule has 0 heterocycles. The summed E-state index contributed by atoms with van der Waals surface area (Å²) in [5, 5.41) is 16.1. The molecule has 10 heavy (non-hydrogen) atoms. The van der Waals surface area contributed by atoms with Crippen molar-refractivity contribution >= 4 is 0 Å². The Kier molecular flexibility index (Phi) is 27.2. The summed E-state index contributed by atoms with van der Waals surface area (Å²) in [6, 6.07) is 0. The Morgan fingerprint density at radius 3 is 0.900 bits per heavy atom. The minimum atomic E-state index is -0.167. The molecule has 0 unspecified atom stereocenters. The van der Waals surface area contributed by atoms with Crippen molar-refractivity contribution in [3.05, 3.63) is 0 Å². The third kappa shape index (κ3) is 2470. The van der Waals surface area contributed by atoms with Gasteiger partial charge in [-0.05, 0) is 27.7 Å². The van der Waals surface area contributed by atoms with Crippen molar-refractivity contribution in [3.63, 3.8) is 0 Å². The fourth-order valence-corrected chi connectivity index (χ4v) is 0. The molecule has 0 saturated heterocycles. The predicted octanol–water partition coefficient (Wildman–Crippen LogP) is 0.653. The Morgan fingerprint density at radius 1 is 0.900 bits per heavy atom. The summed E-state index contributed by atoms with van der Waals surface area (Å²) in [5.74, 6) is 0. The zero-order valence-electron chi connectivity index (χ0n) is 6.96. The number of aliphatic hydroxyl groups is 2. The number of rotatable bonds is 0. The van der Waals surface area contributed by atoms with Gasteiger partial charge in [0.2, 0.25) is 0 Å². The Bertz CT molecular complexity index is 36.7. The van der Waals surface area contributed by atoms with Gasteiger partial charge in [-0.2, -0.15) is 0 Å². The van der Waals surface area contributed by atoms with E-state index in [4.69, 9.17) is 13.5 Å². The third-order valence-electron chi connectivity index (χ3n) is 0. The van der Waals surface area contributed by atoms with Gasteiger partial charge in [-0.25, -0.2) is 0 Å². The van der Waals surface area contributed by atoms with E-state index >= 15 is 0 Å². The molecule has 0 aromatic rings. The van der Waals surface area contributed by atoms with Crippen LogP contribution >= 0.6 is 0 Å². The summed E-state index contributed by atoms with van der Waals surface area (Å²) in [4.78, 5) is 0. The minimum absolute atomic E-state index is 0.167. The first kappa shape index (κ1) is 16.8. The molecule has 0 radical (unpaired) electrons. The molecule has 0 aliphatic heterocycles. The maximum absolute atomic E-state index is 8.25. The molecule has 0 aromatic carbocycles. The van der Waals surface area contributed by atoms with Gasteiger partial charge in [-0.1, -0.05) is 0 Å². The zero-order chi connectivity index (χ0) is 9.15. The first-order valence-electron chi connectivity index (χ1n) is 3.03. The Labute approximate surface area is 74.2 Å². The van der Waals surface area contributed by atoms with Crippen molar-refractivity contribution in [2.75, 3.05) is 0 Å². The molecule has 0 atom stereocenters. The molecule has 2 N–H and O–H groups in total. The van der Waals surface area contributed by atoms with Crippen LogP contribution in [0.25, 0.3) is 0 Å². The van der Waals surface area contributed by atoms with Gasteiger partial charge in [0, 0.05) is 12.2 Å². The van der Waals surface area contributed by atoms with Gasteiger partial charge >= 0.3 is 23.7 Å². The summed E-state index contributed by atoms with van der Waals surface area (Å²) < 4.78 is 8.25. The van der Waals surface area contributed by atoms with E-state index in [9.17, 15) is 0 Å². The van der Waals surface area contributed by atoms with E-state index in [1.54, 1.807) is 27.7 Å². The molecule has 0 aliphatic carbocycles. The van der Waals surface area contributed by atoms with Gasteiger partial charge in [0.05, 0.1) is 0 Å². The number of hydrogen-bond acceptors (Lipinski definition) is 3. The van der Waals surface area contributed by atoms with E-state index in [0.717, 1.165) is 20.4 Å². The van der Waals surface area contributed by atoms with Gasteiger partial charge in [0.15, 0.2) is 0 Å². The monoisotopic (exact) mass is 184 g/mol. The van der Waals surface area contributed by atoms with Crippen molar-refractivity contribution in [1.29, 1.82) is 0 Å². The normalized spacial score (nSPS) is 7.50. The predicted molar refractivity (Wildman–Crippen MR) is 35.4 cm³/mol. The second-order valence-electron chi connectivity index (χ2n) is 2.19. The van der Waals surface area contributed by atoms with Crippen molar-refractivity contribution in [1.82, 2.24) is 0 Å². The van der Waals surface area contributed by atoms with E-state index in [1.807, 2.05) is 0 Å². The number of hydrogen-bond donors (Lipinski definition) is 2. The second-order valence-corrected chi connectivity index (χ2v) is 2.19. The Hall–Kier alpha value is 0.434. The summed E-state index contributed by atoms with van der Waals surface area (Å²) in [6.45, 7) is 6.89. The van der Waals surface area contributed by atoms with E-state index in [-0.39, 0.29) is 12.2 Å².